The normalized spacial score (nSPS) is 11.5. The number of amides is 1. The van der Waals surface area contributed by atoms with E-state index >= 15 is 0 Å². The molecule has 35 heavy (non-hydrogen) atoms. The minimum absolute atomic E-state index is 0.0237. The van der Waals surface area contributed by atoms with Crippen molar-refractivity contribution in [2.24, 2.45) is 5.92 Å². The number of allylic oxidation sites excluding steroid dienone is 2. The fourth-order valence-corrected chi connectivity index (χ4v) is 3.57. The molecule has 0 atom stereocenters. The van der Waals surface area contributed by atoms with Crippen molar-refractivity contribution < 1.29 is 19.1 Å². The number of rotatable bonds is 10. The summed E-state index contributed by atoms with van der Waals surface area (Å²) in [5.41, 5.74) is 3.06. The summed E-state index contributed by atoms with van der Waals surface area (Å²) in [7, 11) is 3.07. The van der Waals surface area contributed by atoms with Crippen molar-refractivity contribution in [3.05, 3.63) is 107 Å². The number of hydrogen-bond acceptors (Lipinski definition) is 4. The van der Waals surface area contributed by atoms with Gasteiger partial charge in [0.15, 0.2) is 5.78 Å². The fourth-order valence-electron chi connectivity index (χ4n) is 3.57. The first-order chi connectivity index (χ1) is 16.9. The maximum Gasteiger partial charge on any atom is 0.259 e. The summed E-state index contributed by atoms with van der Waals surface area (Å²) in [5.74, 6) is 0.698. The highest BCUT2D eigenvalue weighted by atomic mass is 16.5. The number of Topliss-reactive ketones (excluding diaryl/α,β-unsaturated/α-hetero) is 1. The molecule has 3 aromatic carbocycles. The number of methoxy groups -OCH3 is 2. The topological polar surface area (TPSA) is 64.6 Å². The second-order valence-corrected chi connectivity index (χ2v) is 8.53. The molecule has 0 unspecified atom stereocenters. The molecule has 0 heterocycles. The van der Waals surface area contributed by atoms with E-state index in [1.54, 1.807) is 42.5 Å². The zero-order valence-corrected chi connectivity index (χ0v) is 20.6. The van der Waals surface area contributed by atoms with Crippen LogP contribution in [-0.4, -0.2) is 25.9 Å². The zero-order valence-electron chi connectivity index (χ0n) is 20.6. The van der Waals surface area contributed by atoms with E-state index in [4.69, 9.17) is 9.47 Å². The number of ketones is 1. The molecule has 3 rings (SSSR count). The highest BCUT2D eigenvalue weighted by molar-refractivity contribution is 6.28. The molecule has 0 bridgehead atoms. The molecule has 5 heteroatoms. The predicted octanol–water partition coefficient (Wildman–Crippen LogP) is 6.36. The zero-order chi connectivity index (χ0) is 25.2. The Morgan fingerprint density at radius 2 is 1.51 bits per heavy atom. The molecule has 1 amide bonds. The average molecular weight is 470 g/mol. The predicted molar refractivity (Wildman–Crippen MR) is 141 cm³/mol. The van der Waals surface area contributed by atoms with Gasteiger partial charge in [0, 0.05) is 29.4 Å². The second-order valence-electron chi connectivity index (χ2n) is 8.53. The summed E-state index contributed by atoms with van der Waals surface area (Å²) >= 11 is 0. The van der Waals surface area contributed by atoms with Gasteiger partial charge >= 0.3 is 0 Å². The smallest absolute Gasteiger partial charge is 0.259 e. The van der Waals surface area contributed by atoms with Gasteiger partial charge in [-0.05, 0) is 29.5 Å². The van der Waals surface area contributed by atoms with Gasteiger partial charge in [0.05, 0.1) is 19.8 Å². The first-order valence-electron chi connectivity index (χ1n) is 11.5. The molecule has 0 radical (unpaired) electrons. The van der Waals surface area contributed by atoms with Crippen molar-refractivity contribution >= 4 is 23.5 Å². The molecule has 3 aromatic rings. The Bertz CT molecular complexity index is 1190. The van der Waals surface area contributed by atoms with Gasteiger partial charge in [-0.25, -0.2) is 0 Å². The third kappa shape index (κ3) is 7.44. The maximum atomic E-state index is 13.4. The Kier molecular flexibility index (Phi) is 9.02. The molecule has 1 N–H and O–H groups in total. The summed E-state index contributed by atoms with van der Waals surface area (Å²) < 4.78 is 10.6. The monoisotopic (exact) mass is 469 g/mol. The molecular formula is C30H31NO4. The van der Waals surface area contributed by atoms with E-state index in [0.717, 1.165) is 17.5 Å². The van der Waals surface area contributed by atoms with Crippen LogP contribution in [0.4, 0.5) is 5.69 Å². The summed E-state index contributed by atoms with van der Waals surface area (Å²) in [6.45, 7) is 4.30. The van der Waals surface area contributed by atoms with Crippen molar-refractivity contribution in [3.63, 3.8) is 0 Å². The average Bonchev–Trinajstić information content (AvgIpc) is 2.86. The number of ether oxygens (including phenoxy) is 2. The van der Waals surface area contributed by atoms with Crippen LogP contribution in [0.25, 0.3) is 6.08 Å². The van der Waals surface area contributed by atoms with E-state index in [0.29, 0.717) is 28.7 Å². The number of nitrogens with one attached hydrogen (secondary N) is 1. The van der Waals surface area contributed by atoms with Crippen LogP contribution < -0.4 is 14.8 Å². The molecule has 0 aromatic heterocycles. The maximum absolute atomic E-state index is 13.4. The first-order valence-corrected chi connectivity index (χ1v) is 11.5. The second kappa shape index (κ2) is 12.4. The Morgan fingerprint density at radius 1 is 0.886 bits per heavy atom. The van der Waals surface area contributed by atoms with E-state index < -0.39 is 5.91 Å². The molecule has 0 aliphatic rings. The third-order valence-electron chi connectivity index (χ3n) is 5.31. The first kappa shape index (κ1) is 25.5. The Morgan fingerprint density at radius 3 is 2.09 bits per heavy atom. The van der Waals surface area contributed by atoms with Crippen LogP contribution >= 0.6 is 0 Å². The van der Waals surface area contributed by atoms with Crippen molar-refractivity contribution in [2.75, 3.05) is 19.5 Å². The van der Waals surface area contributed by atoms with E-state index in [-0.39, 0.29) is 11.4 Å². The lowest BCUT2D eigenvalue weighted by atomic mass is 9.97. The number of carbonyl (C=O) groups is 2. The number of hydrogen-bond donors (Lipinski definition) is 1. The molecule has 0 spiro atoms. The van der Waals surface area contributed by atoms with Gasteiger partial charge in [0.2, 0.25) is 0 Å². The van der Waals surface area contributed by atoms with Crippen LogP contribution in [-0.2, 0) is 11.2 Å². The van der Waals surface area contributed by atoms with Gasteiger partial charge in [-0.2, -0.15) is 0 Å². The largest absolute Gasteiger partial charge is 0.497 e. The van der Waals surface area contributed by atoms with Crippen molar-refractivity contribution in [2.45, 2.75) is 20.3 Å². The Labute approximate surface area is 207 Å². The summed E-state index contributed by atoms with van der Waals surface area (Å²) in [6, 6.07) is 22.2. The Hall–Kier alpha value is -4.12. The third-order valence-corrected chi connectivity index (χ3v) is 5.31. The fraction of sp³-hybridized carbons (Fsp3) is 0.200. The van der Waals surface area contributed by atoms with Gasteiger partial charge < -0.3 is 14.8 Å². The minimum atomic E-state index is -0.519. The molecule has 0 fully saturated rings. The summed E-state index contributed by atoms with van der Waals surface area (Å²) in [4.78, 5) is 26.7. The van der Waals surface area contributed by atoms with Crippen LogP contribution in [0.2, 0.25) is 0 Å². The highest BCUT2D eigenvalue weighted by Crippen LogP contribution is 2.26. The lowest BCUT2D eigenvalue weighted by Crippen LogP contribution is -2.21. The molecular weight excluding hydrogens is 438 g/mol. The molecule has 0 saturated carbocycles. The Balaban J connectivity index is 1.91. The summed E-state index contributed by atoms with van der Waals surface area (Å²) in [5, 5.41) is 2.81. The van der Waals surface area contributed by atoms with Crippen LogP contribution in [0.1, 0.15) is 35.3 Å². The van der Waals surface area contributed by atoms with Crippen LogP contribution in [0, 0.1) is 5.92 Å². The number of anilines is 1. The lowest BCUT2D eigenvalue weighted by Gasteiger charge is -2.12. The lowest BCUT2D eigenvalue weighted by molar-refractivity contribution is -0.112. The standard InChI is InChI=1S/C30H31NO4/c1-21(2)17-23-13-15-24(16-14-23)29(32)28(12-8-11-22-9-6-5-7-10-22)30(33)31-25-18-26(34-3)20-27(19-25)35-4/h5-16,18-21H,17H2,1-4H3,(H,31,33). The van der Waals surface area contributed by atoms with Gasteiger partial charge in [-0.1, -0.05) is 80.6 Å². The quantitative estimate of drug-likeness (QED) is 0.123. The van der Waals surface area contributed by atoms with E-state index in [2.05, 4.69) is 19.2 Å². The molecule has 0 aliphatic carbocycles. The molecule has 0 saturated heterocycles. The van der Waals surface area contributed by atoms with Gasteiger partial charge in [0.25, 0.3) is 5.91 Å². The van der Waals surface area contributed by atoms with E-state index in [1.807, 2.05) is 48.5 Å². The molecule has 5 nitrogen and oxygen atoms in total. The molecule has 180 valence electrons. The van der Waals surface area contributed by atoms with Crippen LogP contribution in [0.15, 0.2) is 90.5 Å². The number of benzene rings is 3. The van der Waals surface area contributed by atoms with Gasteiger partial charge in [-0.15, -0.1) is 0 Å². The van der Waals surface area contributed by atoms with Crippen molar-refractivity contribution in [3.8, 4) is 11.5 Å². The highest BCUT2D eigenvalue weighted by Gasteiger charge is 2.20. The summed E-state index contributed by atoms with van der Waals surface area (Å²) in [6.07, 6.45) is 6.03. The van der Waals surface area contributed by atoms with Crippen molar-refractivity contribution in [1.29, 1.82) is 0 Å². The van der Waals surface area contributed by atoms with E-state index in [9.17, 15) is 9.59 Å². The van der Waals surface area contributed by atoms with Gasteiger partial charge in [-0.3, -0.25) is 9.59 Å². The van der Waals surface area contributed by atoms with Crippen LogP contribution in [0.3, 0.4) is 0 Å². The minimum Gasteiger partial charge on any atom is -0.497 e. The SMILES string of the molecule is COc1cc(NC(=O)C(=CC=Cc2ccccc2)C(=O)c2ccc(CC(C)C)cc2)cc(OC)c1. The van der Waals surface area contributed by atoms with Gasteiger partial charge in [0.1, 0.15) is 11.5 Å². The van der Waals surface area contributed by atoms with Crippen molar-refractivity contribution in [1.82, 2.24) is 0 Å². The molecule has 0 aliphatic heterocycles. The van der Waals surface area contributed by atoms with Crippen LogP contribution in [0.5, 0.6) is 11.5 Å². The number of carbonyl (C=O) groups excluding carboxylic acids is 2. The van der Waals surface area contributed by atoms with E-state index in [1.165, 1.54) is 14.2 Å².